The lowest BCUT2D eigenvalue weighted by molar-refractivity contribution is 0.0698. The van der Waals surface area contributed by atoms with Gasteiger partial charge in [0, 0.05) is 14.1 Å². The summed E-state index contributed by atoms with van der Waals surface area (Å²) in [6.07, 6.45) is 0. The van der Waals surface area contributed by atoms with E-state index >= 15 is 0 Å². The molecule has 78 valence electrons. The van der Waals surface area contributed by atoms with E-state index in [2.05, 4.69) is 4.98 Å². The monoisotopic (exact) mass is 206 g/mol. The molecule has 1 N–H and O–H groups in total. The molecule has 0 saturated carbocycles. The number of carboxylic acid groups (broad SMARTS) is 1. The van der Waals surface area contributed by atoms with Crippen molar-refractivity contribution in [2.45, 2.75) is 0 Å². The van der Waals surface area contributed by atoms with Crippen LogP contribution in [0.1, 0.15) is 10.4 Å². The number of benzene rings is 1. The van der Waals surface area contributed by atoms with E-state index in [1.807, 2.05) is 0 Å². The number of anilines is 1. The Morgan fingerprint density at radius 3 is 2.80 bits per heavy atom. The van der Waals surface area contributed by atoms with Gasteiger partial charge in [0.2, 0.25) is 0 Å². The van der Waals surface area contributed by atoms with Gasteiger partial charge in [-0.15, -0.1) is 0 Å². The molecule has 5 heteroatoms. The summed E-state index contributed by atoms with van der Waals surface area (Å²) in [6, 6.07) is 5.26. The van der Waals surface area contributed by atoms with Crippen molar-refractivity contribution < 1.29 is 14.3 Å². The van der Waals surface area contributed by atoms with Gasteiger partial charge < -0.3 is 14.4 Å². The fourth-order valence-electron chi connectivity index (χ4n) is 1.30. The zero-order valence-electron chi connectivity index (χ0n) is 8.39. The fourth-order valence-corrected chi connectivity index (χ4v) is 1.30. The maximum Gasteiger partial charge on any atom is 0.339 e. The molecular weight excluding hydrogens is 196 g/mol. The van der Waals surface area contributed by atoms with Gasteiger partial charge in [-0.2, -0.15) is 4.98 Å². The van der Waals surface area contributed by atoms with Crippen molar-refractivity contribution in [3.63, 3.8) is 0 Å². The molecule has 0 fully saturated rings. The highest BCUT2D eigenvalue weighted by atomic mass is 16.4. The van der Waals surface area contributed by atoms with Crippen molar-refractivity contribution in [2.75, 3.05) is 19.0 Å². The van der Waals surface area contributed by atoms with Crippen LogP contribution in [0.4, 0.5) is 6.01 Å². The topological polar surface area (TPSA) is 66.6 Å². The molecule has 1 heterocycles. The van der Waals surface area contributed by atoms with Crippen LogP contribution in [0.15, 0.2) is 22.6 Å². The Morgan fingerprint density at radius 2 is 2.20 bits per heavy atom. The van der Waals surface area contributed by atoms with Crippen molar-refractivity contribution in [3.8, 4) is 0 Å². The average Bonchev–Trinajstić information content (AvgIpc) is 2.60. The number of carboxylic acids is 1. The highest BCUT2D eigenvalue weighted by molar-refractivity contribution is 6.00. The van der Waals surface area contributed by atoms with Gasteiger partial charge in [0.1, 0.15) is 11.1 Å². The molecule has 5 nitrogen and oxygen atoms in total. The molecule has 15 heavy (non-hydrogen) atoms. The third-order valence-electron chi connectivity index (χ3n) is 2.02. The first kappa shape index (κ1) is 9.51. The maximum absolute atomic E-state index is 10.9. The molecule has 1 aromatic heterocycles. The highest BCUT2D eigenvalue weighted by Gasteiger charge is 2.14. The second-order valence-corrected chi connectivity index (χ2v) is 3.35. The highest BCUT2D eigenvalue weighted by Crippen LogP contribution is 2.23. The number of oxazole rings is 1. The van der Waals surface area contributed by atoms with Crippen molar-refractivity contribution in [1.29, 1.82) is 0 Å². The van der Waals surface area contributed by atoms with Gasteiger partial charge in [0.25, 0.3) is 6.01 Å². The van der Waals surface area contributed by atoms with E-state index in [9.17, 15) is 4.79 Å². The molecule has 0 spiro atoms. The first-order chi connectivity index (χ1) is 7.09. The zero-order valence-corrected chi connectivity index (χ0v) is 8.39. The summed E-state index contributed by atoms with van der Waals surface area (Å²) in [5.74, 6) is -1.01. The number of aromatic nitrogens is 1. The lowest BCUT2D eigenvalue weighted by atomic mass is 10.2. The Morgan fingerprint density at radius 1 is 1.47 bits per heavy atom. The normalized spacial score (nSPS) is 10.5. The fraction of sp³-hybridized carbons (Fsp3) is 0.200. The smallest absolute Gasteiger partial charge is 0.339 e. The second kappa shape index (κ2) is 3.27. The van der Waals surface area contributed by atoms with Gasteiger partial charge in [-0.1, -0.05) is 6.07 Å². The quantitative estimate of drug-likeness (QED) is 0.808. The maximum atomic E-state index is 10.9. The molecular formula is C10H10N2O3. The number of hydrogen-bond donors (Lipinski definition) is 1. The zero-order chi connectivity index (χ0) is 11.0. The van der Waals surface area contributed by atoms with Crippen LogP contribution in [0.3, 0.4) is 0 Å². The number of rotatable bonds is 2. The van der Waals surface area contributed by atoms with E-state index in [0.717, 1.165) is 0 Å². The Bertz CT molecular complexity index is 516. The molecule has 2 aromatic rings. The molecule has 0 saturated heterocycles. The largest absolute Gasteiger partial charge is 0.478 e. The number of carbonyl (C=O) groups is 1. The second-order valence-electron chi connectivity index (χ2n) is 3.35. The number of aromatic carboxylic acids is 1. The Kier molecular flexibility index (Phi) is 2.07. The van der Waals surface area contributed by atoms with E-state index < -0.39 is 5.97 Å². The summed E-state index contributed by atoms with van der Waals surface area (Å²) in [6.45, 7) is 0. The van der Waals surface area contributed by atoms with Gasteiger partial charge >= 0.3 is 5.97 Å². The van der Waals surface area contributed by atoms with Crippen LogP contribution in [0.25, 0.3) is 11.1 Å². The van der Waals surface area contributed by atoms with E-state index in [1.165, 1.54) is 6.07 Å². The Balaban J connectivity index is 2.70. The van der Waals surface area contributed by atoms with Crippen LogP contribution in [-0.4, -0.2) is 30.2 Å². The lowest BCUT2D eigenvalue weighted by Gasteiger charge is -2.03. The van der Waals surface area contributed by atoms with Crippen molar-refractivity contribution in [3.05, 3.63) is 23.8 Å². The van der Waals surface area contributed by atoms with Crippen molar-refractivity contribution in [1.82, 2.24) is 4.98 Å². The molecule has 0 atom stereocenters. The molecule has 2 rings (SSSR count). The molecule has 1 aromatic carbocycles. The van der Waals surface area contributed by atoms with Crippen LogP contribution in [0.5, 0.6) is 0 Å². The van der Waals surface area contributed by atoms with Gasteiger partial charge in [0.05, 0.1) is 0 Å². The molecule has 0 amide bonds. The van der Waals surface area contributed by atoms with E-state index in [-0.39, 0.29) is 5.56 Å². The SMILES string of the molecule is CN(C)c1nc2cccc(C(=O)O)c2o1. The standard InChI is InChI=1S/C10H10N2O3/c1-12(2)10-11-7-5-3-4-6(9(13)14)8(7)15-10/h3-5H,1-2H3,(H,13,14). The van der Waals surface area contributed by atoms with Gasteiger partial charge in [0.15, 0.2) is 5.58 Å². The number of fused-ring (bicyclic) bond motifs is 1. The first-order valence-corrected chi connectivity index (χ1v) is 4.40. The van der Waals surface area contributed by atoms with Gasteiger partial charge in [-0.25, -0.2) is 4.79 Å². The molecule has 0 aliphatic rings. The molecule has 0 aliphatic heterocycles. The minimum Gasteiger partial charge on any atom is -0.478 e. The predicted molar refractivity (Wildman–Crippen MR) is 55.3 cm³/mol. The molecule has 0 bridgehead atoms. The summed E-state index contributed by atoms with van der Waals surface area (Å²) >= 11 is 0. The van der Waals surface area contributed by atoms with E-state index in [4.69, 9.17) is 9.52 Å². The van der Waals surface area contributed by atoms with Crippen molar-refractivity contribution >= 4 is 23.1 Å². The first-order valence-electron chi connectivity index (χ1n) is 4.40. The van der Waals surface area contributed by atoms with Crippen LogP contribution in [0, 0.1) is 0 Å². The minimum atomic E-state index is -1.01. The summed E-state index contributed by atoms with van der Waals surface area (Å²) < 4.78 is 5.36. The van der Waals surface area contributed by atoms with E-state index in [1.54, 1.807) is 31.1 Å². The Hall–Kier alpha value is -2.04. The minimum absolute atomic E-state index is 0.133. The summed E-state index contributed by atoms with van der Waals surface area (Å²) in [5.41, 5.74) is 1.00. The summed E-state index contributed by atoms with van der Waals surface area (Å²) in [4.78, 5) is 16.7. The average molecular weight is 206 g/mol. The van der Waals surface area contributed by atoms with Gasteiger partial charge in [-0.05, 0) is 12.1 Å². The summed E-state index contributed by atoms with van der Waals surface area (Å²) in [5, 5.41) is 8.93. The molecule has 0 unspecified atom stereocenters. The van der Waals surface area contributed by atoms with Crippen molar-refractivity contribution in [2.24, 2.45) is 0 Å². The van der Waals surface area contributed by atoms with Crippen LogP contribution in [-0.2, 0) is 0 Å². The van der Waals surface area contributed by atoms with Crippen LogP contribution in [0.2, 0.25) is 0 Å². The summed E-state index contributed by atoms with van der Waals surface area (Å²) in [7, 11) is 3.57. The lowest BCUT2D eigenvalue weighted by Crippen LogP contribution is -2.08. The molecule has 0 radical (unpaired) electrons. The third-order valence-corrected chi connectivity index (χ3v) is 2.02. The third kappa shape index (κ3) is 1.52. The van der Waals surface area contributed by atoms with Crippen LogP contribution < -0.4 is 4.90 Å². The Labute approximate surface area is 85.9 Å². The molecule has 0 aliphatic carbocycles. The number of nitrogens with zero attached hydrogens (tertiary/aromatic N) is 2. The van der Waals surface area contributed by atoms with E-state index in [0.29, 0.717) is 17.1 Å². The number of hydrogen-bond acceptors (Lipinski definition) is 4. The number of para-hydroxylation sites is 1. The predicted octanol–water partition coefficient (Wildman–Crippen LogP) is 1.59. The van der Waals surface area contributed by atoms with Crippen LogP contribution >= 0.6 is 0 Å². The van der Waals surface area contributed by atoms with Gasteiger partial charge in [-0.3, -0.25) is 0 Å².